The smallest absolute Gasteiger partial charge is 0.233 e. The van der Waals surface area contributed by atoms with Crippen molar-refractivity contribution in [3.63, 3.8) is 0 Å². The van der Waals surface area contributed by atoms with E-state index in [4.69, 9.17) is 11.6 Å². The molecule has 1 rings (SSSR count). The second-order valence-electron chi connectivity index (χ2n) is 2.23. The van der Waals surface area contributed by atoms with Crippen LogP contribution in [0.15, 0.2) is 12.4 Å². The van der Waals surface area contributed by atoms with Crippen molar-refractivity contribution in [3.8, 4) is 0 Å². The van der Waals surface area contributed by atoms with Crippen LogP contribution in [0.4, 0.5) is 5.82 Å². The monoisotopic (exact) mass is 221 g/mol. The average molecular weight is 222 g/mol. The van der Waals surface area contributed by atoms with Crippen LogP contribution in [0.2, 0.25) is 5.15 Å². The number of halogens is 1. The summed E-state index contributed by atoms with van der Waals surface area (Å²) in [5.41, 5.74) is 0. The number of sulfonamides is 1. The summed E-state index contributed by atoms with van der Waals surface area (Å²) in [6.45, 7) is 1.53. The van der Waals surface area contributed by atoms with Crippen LogP contribution in [0.5, 0.6) is 0 Å². The van der Waals surface area contributed by atoms with Crippen molar-refractivity contribution in [1.82, 2.24) is 9.97 Å². The fourth-order valence-electron chi connectivity index (χ4n) is 0.623. The van der Waals surface area contributed by atoms with Crippen molar-refractivity contribution in [2.24, 2.45) is 0 Å². The molecular formula is C6H8ClN3O2S. The molecule has 1 aromatic heterocycles. The molecule has 1 heterocycles. The van der Waals surface area contributed by atoms with E-state index in [1.54, 1.807) is 0 Å². The van der Waals surface area contributed by atoms with E-state index in [0.717, 1.165) is 0 Å². The second kappa shape index (κ2) is 3.89. The van der Waals surface area contributed by atoms with E-state index in [-0.39, 0.29) is 16.7 Å². The van der Waals surface area contributed by atoms with Gasteiger partial charge in [0, 0.05) is 0 Å². The molecular weight excluding hydrogens is 214 g/mol. The highest BCUT2D eigenvalue weighted by molar-refractivity contribution is 7.92. The molecule has 0 amide bonds. The first-order valence-electron chi connectivity index (χ1n) is 3.51. The lowest BCUT2D eigenvalue weighted by Gasteiger charge is -2.03. The Balaban J connectivity index is 2.87. The molecule has 7 heteroatoms. The Kier molecular flexibility index (Phi) is 3.05. The van der Waals surface area contributed by atoms with Gasteiger partial charge in [0.05, 0.1) is 18.1 Å². The first-order valence-corrected chi connectivity index (χ1v) is 5.54. The second-order valence-corrected chi connectivity index (χ2v) is 4.63. The maximum atomic E-state index is 11.1. The zero-order valence-electron chi connectivity index (χ0n) is 6.86. The summed E-state index contributed by atoms with van der Waals surface area (Å²) in [4.78, 5) is 7.40. The van der Waals surface area contributed by atoms with Crippen LogP contribution >= 0.6 is 11.6 Å². The van der Waals surface area contributed by atoms with Crippen LogP contribution in [0.25, 0.3) is 0 Å². The average Bonchev–Trinajstić information content (AvgIpc) is 2.03. The Hall–Kier alpha value is -0.880. The molecule has 1 N–H and O–H groups in total. The molecule has 1 aromatic rings. The Morgan fingerprint density at radius 3 is 2.77 bits per heavy atom. The van der Waals surface area contributed by atoms with Gasteiger partial charge in [-0.3, -0.25) is 9.71 Å². The van der Waals surface area contributed by atoms with Gasteiger partial charge in [0.2, 0.25) is 10.0 Å². The highest BCUT2D eigenvalue weighted by Gasteiger charge is 2.07. The maximum Gasteiger partial charge on any atom is 0.233 e. The molecule has 0 aliphatic rings. The van der Waals surface area contributed by atoms with Gasteiger partial charge < -0.3 is 0 Å². The van der Waals surface area contributed by atoms with Gasteiger partial charge in [0.25, 0.3) is 0 Å². The number of anilines is 1. The third-order valence-corrected chi connectivity index (χ3v) is 2.71. The Bertz CT molecular complexity index is 393. The molecule has 0 saturated heterocycles. The molecule has 72 valence electrons. The lowest BCUT2D eigenvalue weighted by atomic mass is 10.7. The molecule has 0 aromatic carbocycles. The first-order chi connectivity index (χ1) is 6.03. The van der Waals surface area contributed by atoms with Crippen molar-refractivity contribution in [2.75, 3.05) is 10.5 Å². The van der Waals surface area contributed by atoms with E-state index < -0.39 is 10.0 Å². The van der Waals surface area contributed by atoms with Crippen molar-refractivity contribution in [3.05, 3.63) is 17.5 Å². The Morgan fingerprint density at radius 1 is 1.54 bits per heavy atom. The van der Waals surface area contributed by atoms with Crippen LogP contribution in [-0.2, 0) is 10.0 Å². The minimum atomic E-state index is -3.30. The van der Waals surface area contributed by atoms with Gasteiger partial charge in [-0.25, -0.2) is 13.4 Å². The fourth-order valence-corrected chi connectivity index (χ4v) is 1.33. The highest BCUT2D eigenvalue weighted by atomic mass is 35.5. The van der Waals surface area contributed by atoms with Crippen LogP contribution in [0, 0.1) is 0 Å². The molecule has 0 aliphatic carbocycles. The topological polar surface area (TPSA) is 72.0 Å². The zero-order chi connectivity index (χ0) is 9.90. The molecule has 0 atom stereocenters. The molecule has 0 aliphatic heterocycles. The normalized spacial score (nSPS) is 11.2. The van der Waals surface area contributed by atoms with E-state index in [1.807, 2.05) is 0 Å². The molecule has 13 heavy (non-hydrogen) atoms. The molecule has 5 nitrogen and oxygen atoms in total. The van der Waals surface area contributed by atoms with E-state index in [1.165, 1.54) is 19.3 Å². The van der Waals surface area contributed by atoms with Gasteiger partial charge in [-0.15, -0.1) is 0 Å². The van der Waals surface area contributed by atoms with Crippen LogP contribution in [-0.4, -0.2) is 24.1 Å². The summed E-state index contributed by atoms with van der Waals surface area (Å²) in [6.07, 6.45) is 2.62. The Morgan fingerprint density at radius 2 is 2.23 bits per heavy atom. The Labute approximate surface area is 81.2 Å². The third-order valence-electron chi connectivity index (χ3n) is 1.25. The molecule has 0 unspecified atom stereocenters. The summed E-state index contributed by atoms with van der Waals surface area (Å²) in [5.74, 6) is 0.121. The van der Waals surface area contributed by atoms with Crippen molar-refractivity contribution in [1.29, 1.82) is 0 Å². The van der Waals surface area contributed by atoms with Crippen molar-refractivity contribution < 1.29 is 8.42 Å². The largest absolute Gasteiger partial charge is 0.266 e. The van der Waals surface area contributed by atoms with E-state index in [0.29, 0.717) is 0 Å². The SMILES string of the molecule is CCS(=O)(=O)Nc1cncc(Cl)n1. The van der Waals surface area contributed by atoms with Gasteiger partial charge in [-0.05, 0) is 6.92 Å². The summed E-state index contributed by atoms with van der Waals surface area (Å²) in [7, 11) is -3.30. The standard InChI is InChI=1S/C6H8ClN3O2S/c1-2-13(11,12)10-6-4-8-3-5(7)9-6/h3-4H,2H2,1H3,(H,9,10). The summed E-state index contributed by atoms with van der Waals surface area (Å²) in [6, 6.07) is 0. The predicted octanol–water partition coefficient (Wildman–Crippen LogP) is 0.892. The van der Waals surface area contributed by atoms with Crippen LogP contribution in [0.3, 0.4) is 0 Å². The maximum absolute atomic E-state index is 11.1. The van der Waals surface area contributed by atoms with Gasteiger partial charge in [0.1, 0.15) is 5.15 Å². The number of rotatable bonds is 3. The van der Waals surface area contributed by atoms with Gasteiger partial charge in [-0.2, -0.15) is 0 Å². The molecule has 0 bridgehead atoms. The van der Waals surface area contributed by atoms with Crippen LogP contribution < -0.4 is 4.72 Å². The van der Waals surface area contributed by atoms with Gasteiger partial charge >= 0.3 is 0 Å². The lowest BCUT2D eigenvalue weighted by Crippen LogP contribution is -2.15. The minimum absolute atomic E-state index is 0.0127. The quantitative estimate of drug-likeness (QED) is 0.823. The van der Waals surface area contributed by atoms with Crippen molar-refractivity contribution >= 4 is 27.4 Å². The molecule has 0 radical (unpaired) electrons. The van der Waals surface area contributed by atoms with E-state index in [2.05, 4.69) is 14.7 Å². The highest BCUT2D eigenvalue weighted by Crippen LogP contribution is 2.08. The predicted molar refractivity (Wildman–Crippen MR) is 50.1 cm³/mol. The fraction of sp³-hybridized carbons (Fsp3) is 0.333. The molecule has 0 fully saturated rings. The minimum Gasteiger partial charge on any atom is -0.266 e. The number of aromatic nitrogens is 2. The molecule has 0 saturated carbocycles. The summed E-state index contributed by atoms with van der Waals surface area (Å²) < 4.78 is 24.3. The summed E-state index contributed by atoms with van der Waals surface area (Å²) >= 11 is 5.51. The molecule has 0 spiro atoms. The third kappa shape index (κ3) is 3.16. The van der Waals surface area contributed by atoms with Crippen molar-refractivity contribution in [2.45, 2.75) is 6.92 Å². The first kappa shape index (κ1) is 10.2. The lowest BCUT2D eigenvalue weighted by molar-refractivity contribution is 0.602. The zero-order valence-corrected chi connectivity index (χ0v) is 8.43. The van der Waals surface area contributed by atoms with Crippen LogP contribution in [0.1, 0.15) is 6.92 Å². The number of hydrogen-bond acceptors (Lipinski definition) is 4. The summed E-state index contributed by atoms with van der Waals surface area (Å²) in [5, 5.41) is 0.149. The van der Waals surface area contributed by atoms with E-state index in [9.17, 15) is 8.42 Å². The van der Waals surface area contributed by atoms with Gasteiger partial charge in [0.15, 0.2) is 5.82 Å². The number of hydrogen-bond donors (Lipinski definition) is 1. The number of nitrogens with zero attached hydrogens (tertiary/aromatic N) is 2. The van der Waals surface area contributed by atoms with E-state index >= 15 is 0 Å². The number of nitrogens with one attached hydrogen (secondary N) is 1. The van der Waals surface area contributed by atoms with Gasteiger partial charge in [-0.1, -0.05) is 11.6 Å².